The van der Waals surface area contributed by atoms with E-state index in [-0.39, 0.29) is 11.8 Å². The first-order valence-electron chi connectivity index (χ1n) is 10.8. The molecule has 2 aliphatic heterocycles. The number of hydrogen-bond donors (Lipinski definition) is 2. The van der Waals surface area contributed by atoms with Crippen LogP contribution >= 0.6 is 0 Å². The second-order valence-electron chi connectivity index (χ2n) is 7.69. The summed E-state index contributed by atoms with van der Waals surface area (Å²) < 4.78 is 0. The van der Waals surface area contributed by atoms with Crippen molar-refractivity contribution in [3.05, 3.63) is 35.9 Å². The van der Waals surface area contributed by atoms with E-state index in [0.717, 1.165) is 38.6 Å². The number of piperidine rings is 1. The molecule has 0 bridgehead atoms. The second-order valence-corrected chi connectivity index (χ2v) is 7.69. The van der Waals surface area contributed by atoms with E-state index in [1.54, 1.807) is 0 Å². The van der Waals surface area contributed by atoms with E-state index in [1.165, 1.54) is 16.9 Å². The quantitative estimate of drug-likeness (QED) is 0.396. The zero-order valence-corrected chi connectivity index (χ0v) is 17.4. The zero-order valence-electron chi connectivity index (χ0n) is 17.4. The number of nitrogens with one attached hydrogen (secondary N) is 2. The van der Waals surface area contributed by atoms with E-state index < -0.39 is 0 Å². The maximum absolute atomic E-state index is 11.9. The Kier molecular flexibility index (Phi) is 8.04. The number of hydrogen-bond acceptors (Lipinski definition) is 4. The lowest BCUT2D eigenvalue weighted by atomic mass is 10.1. The average molecular weight is 400 g/mol. The van der Waals surface area contributed by atoms with Gasteiger partial charge in [0.05, 0.1) is 6.54 Å². The van der Waals surface area contributed by atoms with Crippen molar-refractivity contribution in [2.45, 2.75) is 51.6 Å². The summed E-state index contributed by atoms with van der Waals surface area (Å²) in [7, 11) is 0. The summed E-state index contributed by atoms with van der Waals surface area (Å²) in [5.41, 5.74) is 1.34. The number of nitrogens with zero attached hydrogens (tertiary/aromatic N) is 3. The molecule has 2 fully saturated rings. The maximum Gasteiger partial charge on any atom is 0.229 e. The van der Waals surface area contributed by atoms with E-state index in [1.807, 2.05) is 6.92 Å². The first-order valence-corrected chi connectivity index (χ1v) is 10.8. The lowest BCUT2D eigenvalue weighted by Gasteiger charge is -2.25. The first kappa shape index (κ1) is 21.3. The van der Waals surface area contributed by atoms with Crippen molar-refractivity contribution in [1.29, 1.82) is 0 Å². The predicted octanol–water partition coefficient (Wildman–Crippen LogP) is 1.75. The maximum atomic E-state index is 11.9. The van der Waals surface area contributed by atoms with Crippen LogP contribution in [0.25, 0.3) is 0 Å². The summed E-state index contributed by atoms with van der Waals surface area (Å²) in [4.78, 5) is 32.5. The Morgan fingerprint density at radius 1 is 1.10 bits per heavy atom. The highest BCUT2D eigenvalue weighted by Crippen LogP contribution is 2.20. The van der Waals surface area contributed by atoms with Gasteiger partial charge in [-0.3, -0.25) is 24.4 Å². The molecule has 158 valence electrons. The molecule has 0 radical (unpaired) electrons. The van der Waals surface area contributed by atoms with Crippen LogP contribution in [0.4, 0.5) is 0 Å². The molecule has 2 N–H and O–H groups in total. The van der Waals surface area contributed by atoms with Crippen LogP contribution in [0.1, 0.15) is 44.6 Å². The van der Waals surface area contributed by atoms with E-state index in [9.17, 15) is 9.59 Å². The molecule has 2 amide bonds. The molecule has 1 atom stereocenters. The van der Waals surface area contributed by atoms with Gasteiger partial charge in [0.2, 0.25) is 11.8 Å². The lowest BCUT2D eigenvalue weighted by Crippen LogP contribution is -2.46. The molecule has 2 aliphatic rings. The fraction of sp³-hybridized carbons (Fsp3) is 0.591. The van der Waals surface area contributed by atoms with Gasteiger partial charge in [0.1, 0.15) is 0 Å². The van der Waals surface area contributed by atoms with Crippen molar-refractivity contribution in [1.82, 2.24) is 20.4 Å². The summed E-state index contributed by atoms with van der Waals surface area (Å²) in [6, 6.07) is 11.0. The summed E-state index contributed by atoms with van der Waals surface area (Å²) in [5.74, 6) is 0.621. The Bertz CT molecular complexity index is 690. The Hall–Kier alpha value is -2.41. The molecular formula is C22H33N5O2. The van der Waals surface area contributed by atoms with E-state index in [0.29, 0.717) is 38.4 Å². The average Bonchev–Trinajstić information content (AvgIpc) is 3.16. The third-order valence-electron chi connectivity index (χ3n) is 5.54. The highest BCUT2D eigenvalue weighted by Gasteiger charge is 2.26. The fourth-order valence-electron chi connectivity index (χ4n) is 4.00. The number of amides is 2. The van der Waals surface area contributed by atoms with Crippen LogP contribution in [-0.2, 0) is 16.1 Å². The molecule has 1 aromatic rings. The van der Waals surface area contributed by atoms with Crippen LogP contribution in [-0.4, -0.2) is 66.3 Å². The molecule has 2 heterocycles. The van der Waals surface area contributed by atoms with Crippen LogP contribution in [0.5, 0.6) is 0 Å². The van der Waals surface area contributed by atoms with Crippen molar-refractivity contribution in [2.24, 2.45) is 4.99 Å². The highest BCUT2D eigenvalue weighted by molar-refractivity contribution is 5.97. The lowest BCUT2D eigenvalue weighted by molar-refractivity contribution is -0.147. The Labute approximate surface area is 173 Å². The minimum absolute atomic E-state index is 0.0625. The molecule has 3 rings (SSSR count). The van der Waals surface area contributed by atoms with E-state index in [2.05, 4.69) is 45.9 Å². The molecule has 0 saturated carbocycles. The molecule has 0 aliphatic carbocycles. The Morgan fingerprint density at radius 2 is 1.86 bits per heavy atom. The summed E-state index contributed by atoms with van der Waals surface area (Å²) in [6.45, 7) is 6.53. The first-order chi connectivity index (χ1) is 14.2. The Balaban J connectivity index is 1.50. The van der Waals surface area contributed by atoms with Gasteiger partial charge in [-0.15, -0.1) is 0 Å². The van der Waals surface area contributed by atoms with Crippen LogP contribution in [0, 0.1) is 0 Å². The largest absolute Gasteiger partial charge is 0.357 e. The van der Waals surface area contributed by atoms with E-state index >= 15 is 0 Å². The number of rotatable bonds is 8. The van der Waals surface area contributed by atoms with Crippen LogP contribution < -0.4 is 10.6 Å². The molecule has 7 nitrogen and oxygen atoms in total. The van der Waals surface area contributed by atoms with Gasteiger partial charge in [-0.2, -0.15) is 0 Å². The van der Waals surface area contributed by atoms with Crippen molar-refractivity contribution < 1.29 is 9.59 Å². The van der Waals surface area contributed by atoms with Gasteiger partial charge in [-0.05, 0) is 38.3 Å². The van der Waals surface area contributed by atoms with Crippen molar-refractivity contribution in [3.8, 4) is 0 Å². The van der Waals surface area contributed by atoms with Gasteiger partial charge in [0.15, 0.2) is 5.96 Å². The third-order valence-corrected chi connectivity index (χ3v) is 5.54. The molecule has 7 heteroatoms. The topological polar surface area (TPSA) is 77.0 Å². The third kappa shape index (κ3) is 6.29. The predicted molar refractivity (Wildman–Crippen MR) is 114 cm³/mol. The van der Waals surface area contributed by atoms with Crippen LogP contribution in [0.2, 0.25) is 0 Å². The highest BCUT2D eigenvalue weighted by atomic mass is 16.2. The summed E-state index contributed by atoms with van der Waals surface area (Å²) in [6.07, 6.45) is 3.98. The van der Waals surface area contributed by atoms with Gasteiger partial charge in [-0.25, -0.2) is 0 Å². The van der Waals surface area contributed by atoms with E-state index in [4.69, 9.17) is 4.99 Å². The molecule has 29 heavy (non-hydrogen) atoms. The number of benzene rings is 1. The number of aliphatic imine (C=N–C) groups is 1. The standard InChI is InChI=1S/C22H33N5O2/c1-2-23-22(24-13-15-27-20(28)11-6-12-21(27)29)25-16-19-10-7-14-26(19)17-18-8-4-3-5-9-18/h3-5,8-9,19H,2,6-7,10-17H2,1H3,(H2,23,24,25). The monoisotopic (exact) mass is 399 g/mol. The van der Waals surface area contributed by atoms with Crippen molar-refractivity contribution in [2.75, 3.05) is 32.7 Å². The number of likely N-dealkylation sites (tertiary alicyclic amines) is 2. The fourth-order valence-corrected chi connectivity index (χ4v) is 4.00. The second kappa shape index (κ2) is 11.0. The van der Waals surface area contributed by atoms with Gasteiger partial charge in [0, 0.05) is 45.1 Å². The number of imide groups is 1. The minimum atomic E-state index is -0.0625. The van der Waals surface area contributed by atoms with Gasteiger partial charge in [-0.1, -0.05) is 30.3 Å². The molecule has 1 unspecified atom stereocenters. The van der Waals surface area contributed by atoms with Gasteiger partial charge >= 0.3 is 0 Å². The molecule has 0 aromatic heterocycles. The Morgan fingerprint density at radius 3 is 2.59 bits per heavy atom. The smallest absolute Gasteiger partial charge is 0.229 e. The molecule has 2 saturated heterocycles. The summed E-state index contributed by atoms with van der Waals surface area (Å²) >= 11 is 0. The molecular weight excluding hydrogens is 366 g/mol. The normalized spacial score (nSPS) is 20.9. The number of guanidine groups is 1. The minimum Gasteiger partial charge on any atom is -0.357 e. The van der Waals surface area contributed by atoms with Gasteiger partial charge in [0.25, 0.3) is 0 Å². The number of carbonyl (C=O) groups excluding carboxylic acids is 2. The van der Waals surface area contributed by atoms with Gasteiger partial charge < -0.3 is 10.6 Å². The van der Waals surface area contributed by atoms with Crippen molar-refractivity contribution in [3.63, 3.8) is 0 Å². The van der Waals surface area contributed by atoms with Crippen LogP contribution in [0.3, 0.4) is 0 Å². The number of carbonyl (C=O) groups is 2. The molecule has 0 spiro atoms. The van der Waals surface area contributed by atoms with Crippen LogP contribution in [0.15, 0.2) is 35.3 Å². The molecule has 1 aromatic carbocycles. The summed E-state index contributed by atoms with van der Waals surface area (Å²) in [5, 5.41) is 6.54. The van der Waals surface area contributed by atoms with Crippen molar-refractivity contribution >= 4 is 17.8 Å². The zero-order chi connectivity index (χ0) is 20.5. The SMILES string of the molecule is CCNC(=NCC1CCCN1Cc1ccccc1)NCCN1C(=O)CCCC1=O.